The molecule has 25 heteroatoms. The minimum atomic E-state index is -0.387. The second-order valence-corrected chi connectivity index (χ2v) is 30.7. The molecule has 116 heavy (non-hydrogen) atoms. The average molecular weight is 1570 g/mol. The second kappa shape index (κ2) is 40.4. The number of aromatic nitrogens is 6. The number of nitrogens with zero attached hydrogens (tertiary/aromatic N) is 8. The lowest BCUT2D eigenvalue weighted by Gasteiger charge is -2.30. The third-order valence-electron chi connectivity index (χ3n) is 21.7. The topological polar surface area (TPSA) is 294 Å². The first kappa shape index (κ1) is 84.2. The van der Waals surface area contributed by atoms with Gasteiger partial charge in [0.05, 0.1) is 34.5 Å². The number of pyridine rings is 2. The van der Waals surface area contributed by atoms with E-state index in [4.69, 9.17) is 24.2 Å². The number of nitrogens with one attached hydrogen (secondary N) is 8. The molecule has 6 aromatic carbocycles. The molecule has 610 valence electrons. The summed E-state index contributed by atoms with van der Waals surface area (Å²) in [5.41, 5.74) is 18.9. The van der Waals surface area contributed by atoms with Gasteiger partial charge in [-0.15, -0.1) is 0 Å². The van der Waals surface area contributed by atoms with E-state index in [1.165, 1.54) is 11.1 Å². The molecule has 5 amide bonds. The normalized spacial score (nSPS) is 14.8. The molecular weight excluding hydrogens is 1460 g/mol. The summed E-state index contributed by atoms with van der Waals surface area (Å²) in [6.45, 7) is 31.9. The maximum Gasteiger partial charge on any atom is 0.410 e. The van der Waals surface area contributed by atoms with Crippen LogP contribution in [0.3, 0.4) is 0 Å². The highest BCUT2D eigenvalue weighted by molar-refractivity contribution is 6.01. The van der Waals surface area contributed by atoms with Crippen molar-refractivity contribution in [1.82, 2.24) is 71.2 Å². The van der Waals surface area contributed by atoms with Gasteiger partial charge < -0.3 is 61.6 Å². The van der Waals surface area contributed by atoms with Crippen molar-refractivity contribution in [3.63, 3.8) is 0 Å². The van der Waals surface area contributed by atoms with E-state index in [2.05, 4.69) is 128 Å². The molecule has 0 atom stereocenters. The SMILES string of the molecule is CC(C)(C)OC(=O)N1CCNCC1.CCc1nc2c(cnn2CC)c(NC2CCOCC2)c1CNC(=O)c1cccc(C(=O)NCc2cccc(-c3cccc(C=O)c3)c2C)c1.CCc1nc2c(cnn2CC)c(NC2CCOCC2)c1CNC(=O)c1cccc(C(=O)NCc2cccc(-c3cccc(CN4CCNCC4)c3)c2C)c1. The second-order valence-electron chi connectivity index (χ2n) is 30.7. The Hall–Kier alpha value is -11.2. The Morgan fingerprint density at radius 3 is 1.36 bits per heavy atom. The standard InChI is InChI=1S/C43H52N8O3.C39H42N6O4.C9H18N2O2/c1-4-39-37(40(48-35-15-21-54-22-16-35)38-27-47-51(5-2)41(38)49-39)26-46-43(53)33-12-7-11-32(24-33)42(52)45-25-34-13-8-14-36(29(34)3)31-10-6-9-30(23-31)28-50-19-17-44-18-20-50;1-4-35-33(36(43-31-15-17-49-18-16-31)34-23-42-45(5-2)37(34)44-35)22-41-39(48)29-12-7-11-28(20-29)38(47)40-21-30-13-8-14-32(25(30)3)27-10-6-9-26(19-27)24-46;1-9(2,3)13-8(12)11-6-4-10-5-7-11/h6-14,23-24,27,35,44H,4-5,15-22,25-26,28H2,1-3H3,(H,45,52)(H,46,53)(H,48,49);6-14,19-20,23-24,31H,4-5,15-18,21-22H2,1-3H3,(H,40,47)(H,41,48)(H,43,44);10H,4-7H2,1-3H3. The number of anilines is 2. The number of hydrogen-bond donors (Lipinski definition) is 8. The summed E-state index contributed by atoms with van der Waals surface area (Å²) < 4.78 is 20.2. The fourth-order valence-corrected chi connectivity index (χ4v) is 15.2. The lowest BCUT2D eigenvalue weighted by atomic mass is 9.95. The van der Waals surface area contributed by atoms with Crippen molar-refractivity contribution in [3.05, 3.63) is 224 Å². The molecule has 4 fully saturated rings. The number of aldehydes is 1. The first-order valence-electron chi connectivity index (χ1n) is 41.0. The van der Waals surface area contributed by atoms with Crippen LogP contribution < -0.4 is 42.5 Å². The van der Waals surface area contributed by atoms with Crippen LogP contribution >= 0.6 is 0 Å². The van der Waals surface area contributed by atoms with Crippen LogP contribution in [-0.4, -0.2) is 172 Å². The molecule has 14 rings (SSSR count). The predicted molar refractivity (Wildman–Crippen MR) is 455 cm³/mol. The first-order valence-corrected chi connectivity index (χ1v) is 41.0. The summed E-state index contributed by atoms with van der Waals surface area (Å²) in [6.07, 6.45) is 9.36. The largest absolute Gasteiger partial charge is 0.444 e. The van der Waals surface area contributed by atoms with Crippen LogP contribution in [0.25, 0.3) is 44.3 Å². The third-order valence-corrected chi connectivity index (χ3v) is 21.7. The summed E-state index contributed by atoms with van der Waals surface area (Å²) in [6, 6.07) is 42.6. The van der Waals surface area contributed by atoms with Gasteiger partial charge in [0, 0.05) is 187 Å². The fourth-order valence-electron chi connectivity index (χ4n) is 15.2. The van der Waals surface area contributed by atoms with Crippen LogP contribution in [0.4, 0.5) is 16.2 Å². The molecule has 0 bridgehead atoms. The lowest BCUT2D eigenvalue weighted by Crippen LogP contribution is -2.48. The first-order chi connectivity index (χ1) is 56.3. The zero-order valence-electron chi connectivity index (χ0n) is 68.5. The molecule has 0 spiro atoms. The Morgan fingerprint density at radius 1 is 0.517 bits per heavy atom. The van der Waals surface area contributed by atoms with E-state index in [0.717, 1.165) is 186 Å². The highest BCUT2D eigenvalue weighted by atomic mass is 16.6. The number of fused-ring (bicyclic) bond motifs is 2. The Morgan fingerprint density at radius 2 is 0.931 bits per heavy atom. The van der Waals surface area contributed by atoms with E-state index in [0.29, 0.717) is 99.8 Å². The van der Waals surface area contributed by atoms with Gasteiger partial charge in [-0.3, -0.25) is 28.9 Å². The van der Waals surface area contributed by atoms with Crippen LogP contribution in [-0.2, 0) is 72.9 Å². The minimum absolute atomic E-state index is 0.200. The van der Waals surface area contributed by atoms with E-state index in [1.807, 2.05) is 92.8 Å². The molecule has 8 N–H and O–H groups in total. The summed E-state index contributed by atoms with van der Waals surface area (Å²) in [5.74, 6) is -1.04. The van der Waals surface area contributed by atoms with Crippen LogP contribution in [0.5, 0.6) is 0 Å². The summed E-state index contributed by atoms with van der Waals surface area (Å²) in [7, 11) is 0. The number of rotatable bonds is 25. The lowest BCUT2D eigenvalue weighted by molar-refractivity contribution is 0.0228. The molecule has 25 nitrogen and oxygen atoms in total. The van der Waals surface area contributed by atoms with Gasteiger partial charge in [0.25, 0.3) is 23.6 Å². The Bertz CT molecular complexity index is 5080. The van der Waals surface area contributed by atoms with Crippen LogP contribution in [0.15, 0.2) is 146 Å². The predicted octanol–water partition coefficient (Wildman–Crippen LogP) is 12.9. The van der Waals surface area contributed by atoms with E-state index < -0.39 is 0 Å². The molecule has 0 saturated carbocycles. The van der Waals surface area contributed by atoms with Crippen LogP contribution in [0.1, 0.15) is 176 Å². The van der Waals surface area contributed by atoms with Gasteiger partial charge in [0.15, 0.2) is 11.3 Å². The van der Waals surface area contributed by atoms with Crippen molar-refractivity contribution in [1.29, 1.82) is 0 Å². The van der Waals surface area contributed by atoms with Gasteiger partial charge in [-0.05, 0) is 186 Å². The molecule has 4 saturated heterocycles. The number of carbonyl (C=O) groups is 6. The Kier molecular flexibility index (Phi) is 29.3. The summed E-state index contributed by atoms with van der Waals surface area (Å²) in [5, 5.41) is 37.5. The van der Waals surface area contributed by atoms with Crippen molar-refractivity contribution >= 4 is 69.4 Å². The van der Waals surface area contributed by atoms with Crippen molar-refractivity contribution in [2.45, 2.75) is 164 Å². The summed E-state index contributed by atoms with van der Waals surface area (Å²) in [4.78, 5) is 90.8. The number of aryl methyl sites for hydroxylation is 4. The van der Waals surface area contributed by atoms with Crippen molar-refractivity contribution in [3.8, 4) is 22.3 Å². The molecule has 4 aliphatic heterocycles. The van der Waals surface area contributed by atoms with E-state index in [-0.39, 0.29) is 54.0 Å². The molecule has 8 heterocycles. The number of benzene rings is 6. The van der Waals surface area contributed by atoms with Gasteiger partial charge >= 0.3 is 6.09 Å². The van der Waals surface area contributed by atoms with Crippen molar-refractivity contribution in [2.75, 3.05) is 89.4 Å². The monoisotopic (exact) mass is 1570 g/mol. The third kappa shape index (κ3) is 21.6. The van der Waals surface area contributed by atoms with Crippen LogP contribution in [0, 0.1) is 13.8 Å². The van der Waals surface area contributed by atoms with Crippen LogP contribution in [0.2, 0.25) is 0 Å². The molecule has 4 aromatic heterocycles. The molecule has 0 radical (unpaired) electrons. The Balaban J connectivity index is 0.000000186. The maximum absolute atomic E-state index is 13.6. The maximum atomic E-state index is 13.6. The highest BCUT2D eigenvalue weighted by Gasteiger charge is 2.28. The number of hydrogen-bond acceptors (Lipinski definition) is 18. The zero-order valence-corrected chi connectivity index (χ0v) is 68.5. The number of carbonyl (C=O) groups excluding carboxylic acids is 6. The van der Waals surface area contributed by atoms with E-state index >= 15 is 0 Å². The smallest absolute Gasteiger partial charge is 0.410 e. The van der Waals surface area contributed by atoms with Crippen molar-refractivity contribution < 1.29 is 43.0 Å². The van der Waals surface area contributed by atoms with Gasteiger partial charge in [-0.25, -0.2) is 24.1 Å². The quantitative estimate of drug-likeness (QED) is 0.0247. The summed E-state index contributed by atoms with van der Waals surface area (Å²) >= 11 is 0. The average Bonchev–Trinajstić information content (AvgIpc) is 1.59. The van der Waals surface area contributed by atoms with E-state index in [1.54, 1.807) is 59.5 Å². The minimum Gasteiger partial charge on any atom is -0.444 e. The number of ether oxygens (including phenoxy) is 3. The van der Waals surface area contributed by atoms with Gasteiger partial charge in [0.2, 0.25) is 0 Å². The number of amides is 5. The molecule has 0 unspecified atom stereocenters. The molecular formula is C91H112N16O9. The number of piperazine rings is 2. The molecule has 10 aromatic rings. The van der Waals surface area contributed by atoms with Gasteiger partial charge in [-0.2, -0.15) is 10.2 Å². The zero-order chi connectivity index (χ0) is 81.7. The van der Waals surface area contributed by atoms with Gasteiger partial charge in [-0.1, -0.05) is 98.8 Å². The highest BCUT2D eigenvalue weighted by Crippen LogP contribution is 2.35. The fraction of sp³-hybridized carbons (Fsp3) is 0.407. The Labute approximate surface area is 680 Å². The van der Waals surface area contributed by atoms with Crippen molar-refractivity contribution in [2.24, 2.45) is 0 Å². The molecule has 4 aliphatic rings. The van der Waals surface area contributed by atoms with Gasteiger partial charge in [0.1, 0.15) is 11.9 Å². The van der Waals surface area contributed by atoms with E-state index in [9.17, 15) is 28.8 Å². The molecule has 0 aliphatic carbocycles.